The summed E-state index contributed by atoms with van der Waals surface area (Å²) in [7, 11) is -3.14. The minimum Gasteiger partial charge on any atom is -0.348 e. The Hall–Kier alpha value is -2.20. The summed E-state index contributed by atoms with van der Waals surface area (Å²) in [5.41, 5.74) is 2.10. The van der Waals surface area contributed by atoms with Crippen LogP contribution < -0.4 is 16.6 Å². The van der Waals surface area contributed by atoms with E-state index in [9.17, 15) is 23.3 Å². The van der Waals surface area contributed by atoms with Crippen LogP contribution in [0.5, 0.6) is 0 Å². The summed E-state index contributed by atoms with van der Waals surface area (Å²) < 4.78 is 22.7. The summed E-state index contributed by atoms with van der Waals surface area (Å²) in [5, 5.41) is 13.5. The van der Waals surface area contributed by atoms with Gasteiger partial charge in [0.15, 0.2) is 9.84 Å². The van der Waals surface area contributed by atoms with Crippen molar-refractivity contribution in [3.05, 3.63) is 33.9 Å². The molecular weight excluding hydrogens is 300 g/mol. The van der Waals surface area contributed by atoms with Gasteiger partial charge in [-0.3, -0.25) is 20.8 Å². The number of rotatable bonds is 4. The number of benzene rings is 1. The van der Waals surface area contributed by atoms with Gasteiger partial charge in [-0.1, -0.05) is 0 Å². The van der Waals surface area contributed by atoms with Crippen molar-refractivity contribution in [3.63, 3.8) is 0 Å². The molecule has 1 aliphatic rings. The first-order chi connectivity index (χ1) is 9.82. The van der Waals surface area contributed by atoms with Gasteiger partial charge in [0.25, 0.3) is 11.6 Å². The molecule has 1 aliphatic heterocycles. The summed E-state index contributed by atoms with van der Waals surface area (Å²) in [5.74, 6) is 4.37. The maximum absolute atomic E-state index is 12.1. The van der Waals surface area contributed by atoms with E-state index in [0.29, 0.717) is 12.1 Å². The van der Waals surface area contributed by atoms with E-state index in [1.165, 1.54) is 12.1 Å². The lowest BCUT2D eigenvalue weighted by Crippen LogP contribution is -2.36. The number of hydrogen-bond donors (Lipinski definition) is 3. The molecule has 1 aromatic rings. The molecular formula is C11H14N4O5S. The van der Waals surface area contributed by atoms with Crippen LogP contribution in [0.15, 0.2) is 18.2 Å². The molecule has 0 bridgehead atoms. The van der Waals surface area contributed by atoms with Crippen molar-refractivity contribution in [1.82, 2.24) is 5.32 Å². The first kappa shape index (κ1) is 15.2. The second kappa shape index (κ2) is 5.66. The Morgan fingerprint density at radius 1 is 1.43 bits per heavy atom. The van der Waals surface area contributed by atoms with Gasteiger partial charge in [0.05, 0.1) is 16.4 Å². The molecule has 1 amide bonds. The van der Waals surface area contributed by atoms with E-state index in [-0.39, 0.29) is 22.8 Å². The molecule has 0 spiro atoms. The van der Waals surface area contributed by atoms with Gasteiger partial charge in [-0.2, -0.15) is 0 Å². The number of sulfone groups is 1. The van der Waals surface area contributed by atoms with Gasteiger partial charge in [0.2, 0.25) is 0 Å². The van der Waals surface area contributed by atoms with Crippen molar-refractivity contribution in [3.8, 4) is 0 Å². The normalized spacial score (nSPS) is 20.0. The van der Waals surface area contributed by atoms with Crippen molar-refractivity contribution in [1.29, 1.82) is 0 Å². The summed E-state index contributed by atoms with van der Waals surface area (Å²) in [6.07, 6.45) is 0.302. The first-order valence-corrected chi connectivity index (χ1v) is 7.91. The maximum atomic E-state index is 12.1. The number of nitro benzene ring substituents is 1. The molecule has 0 saturated carbocycles. The van der Waals surface area contributed by atoms with Crippen LogP contribution in [-0.4, -0.2) is 36.8 Å². The third kappa shape index (κ3) is 3.47. The fourth-order valence-corrected chi connectivity index (χ4v) is 3.81. The number of hydrogen-bond acceptors (Lipinski definition) is 7. The fraction of sp³-hybridized carbons (Fsp3) is 0.364. The zero-order valence-electron chi connectivity index (χ0n) is 10.9. The Balaban J connectivity index is 2.24. The van der Waals surface area contributed by atoms with Crippen molar-refractivity contribution in [2.24, 2.45) is 5.84 Å². The van der Waals surface area contributed by atoms with Crippen molar-refractivity contribution >= 4 is 27.1 Å². The molecule has 1 fully saturated rings. The van der Waals surface area contributed by atoms with E-state index in [1.54, 1.807) is 0 Å². The Morgan fingerprint density at radius 3 is 2.67 bits per heavy atom. The van der Waals surface area contributed by atoms with E-state index >= 15 is 0 Å². The van der Waals surface area contributed by atoms with Gasteiger partial charge < -0.3 is 10.7 Å². The number of anilines is 1. The average molecular weight is 314 g/mol. The highest BCUT2D eigenvalue weighted by Crippen LogP contribution is 2.23. The topological polar surface area (TPSA) is 144 Å². The number of nitro groups is 1. The van der Waals surface area contributed by atoms with Crippen LogP contribution in [0.1, 0.15) is 16.8 Å². The van der Waals surface area contributed by atoms with Crippen molar-refractivity contribution in [2.45, 2.75) is 12.5 Å². The van der Waals surface area contributed by atoms with Crippen LogP contribution in [0.2, 0.25) is 0 Å². The number of nitrogen functional groups attached to an aromatic ring is 1. The van der Waals surface area contributed by atoms with Gasteiger partial charge in [-0.25, -0.2) is 8.42 Å². The predicted molar refractivity (Wildman–Crippen MR) is 75.4 cm³/mol. The molecule has 4 N–H and O–H groups in total. The summed E-state index contributed by atoms with van der Waals surface area (Å²) in [4.78, 5) is 22.4. The molecule has 0 aromatic heterocycles. The predicted octanol–water partition coefficient (Wildman–Crippen LogP) is -0.203. The molecule has 21 heavy (non-hydrogen) atoms. The number of nitrogens with two attached hydrogens (primary N) is 1. The molecule has 0 radical (unpaired) electrons. The molecule has 1 saturated heterocycles. The Bertz CT molecular complexity index is 688. The molecule has 0 aliphatic carbocycles. The zero-order chi connectivity index (χ0) is 15.6. The van der Waals surface area contributed by atoms with Crippen LogP contribution in [-0.2, 0) is 9.84 Å². The molecule has 1 heterocycles. The van der Waals surface area contributed by atoms with Crippen LogP contribution in [0.4, 0.5) is 11.4 Å². The monoisotopic (exact) mass is 314 g/mol. The molecule has 1 aromatic carbocycles. The molecule has 9 nitrogen and oxygen atoms in total. The van der Waals surface area contributed by atoms with E-state index in [1.807, 2.05) is 0 Å². The number of nitrogens with zero attached hydrogens (tertiary/aromatic N) is 1. The maximum Gasteiger partial charge on any atom is 0.282 e. The van der Waals surface area contributed by atoms with E-state index in [0.717, 1.165) is 6.07 Å². The number of carbonyl (C=O) groups excluding carboxylic acids is 1. The van der Waals surface area contributed by atoms with E-state index in [2.05, 4.69) is 10.7 Å². The summed E-state index contributed by atoms with van der Waals surface area (Å²) in [6.45, 7) is 0. The van der Waals surface area contributed by atoms with Crippen LogP contribution in [0, 0.1) is 10.1 Å². The van der Waals surface area contributed by atoms with Crippen LogP contribution in [0.3, 0.4) is 0 Å². The van der Waals surface area contributed by atoms with Gasteiger partial charge in [-0.15, -0.1) is 0 Å². The summed E-state index contributed by atoms with van der Waals surface area (Å²) in [6, 6.07) is 3.25. The Labute approximate surface area is 120 Å². The lowest BCUT2D eigenvalue weighted by molar-refractivity contribution is -0.385. The zero-order valence-corrected chi connectivity index (χ0v) is 11.7. The fourth-order valence-electron chi connectivity index (χ4n) is 2.14. The lowest BCUT2D eigenvalue weighted by Gasteiger charge is -2.11. The third-order valence-electron chi connectivity index (χ3n) is 3.17. The average Bonchev–Trinajstić information content (AvgIpc) is 2.76. The van der Waals surface area contributed by atoms with Crippen molar-refractivity contribution < 1.29 is 18.1 Å². The first-order valence-electron chi connectivity index (χ1n) is 6.09. The van der Waals surface area contributed by atoms with Gasteiger partial charge in [0, 0.05) is 17.8 Å². The van der Waals surface area contributed by atoms with Crippen LogP contribution in [0.25, 0.3) is 0 Å². The second-order valence-corrected chi connectivity index (χ2v) is 6.94. The smallest absolute Gasteiger partial charge is 0.282 e. The van der Waals surface area contributed by atoms with Gasteiger partial charge in [0.1, 0.15) is 5.56 Å². The van der Waals surface area contributed by atoms with Crippen molar-refractivity contribution in [2.75, 3.05) is 16.9 Å². The molecule has 1 unspecified atom stereocenters. The minimum absolute atomic E-state index is 0.00440. The summed E-state index contributed by atoms with van der Waals surface area (Å²) >= 11 is 0. The lowest BCUT2D eigenvalue weighted by atomic mass is 10.1. The molecule has 1 atom stereocenters. The minimum atomic E-state index is -3.14. The number of carbonyl (C=O) groups is 1. The molecule has 10 heteroatoms. The highest BCUT2D eigenvalue weighted by Gasteiger charge is 2.30. The Morgan fingerprint density at radius 2 is 2.14 bits per heavy atom. The standard InChI is InChI=1S/C11H14N4O5S/c12-14-7-1-2-10(15(17)18)9(5-7)11(16)13-8-3-4-21(19,20)6-8/h1-2,5,8,14H,3-4,6,12H2,(H,13,16). The van der Waals surface area contributed by atoms with Gasteiger partial charge >= 0.3 is 0 Å². The number of hydrazine groups is 1. The molecule has 2 rings (SSSR count). The Kier molecular flexibility index (Phi) is 4.09. The third-order valence-corrected chi connectivity index (χ3v) is 4.94. The largest absolute Gasteiger partial charge is 0.348 e. The second-order valence-electron chi connectivity index (χ2n) is 4.71. The highest BCUT2D eigenvalue weighted by molar-refractivity contribution is 7.91. The van der Waals surface area contributed by atoms with Crippen LogP contribution >= 0.6 is 0 Å². The SMILES string of the molecule is NNc1ccc([N+](=O)[O-])c(C(=O)NC2CCS(=O)(=O)C2)c1. The highest BCUT2D eigenvalue weighted by atomic mass is 32.2. The quantitative estimate of drug-likeness (QED) is 0.396. The van der Waals surface area contributed by atoms with E-state index in [4.69, 9.17) is 5.84 Å². The molecule has 114 valence electrons. The van der Waals surface area contributed by atoms with E-state index < -0.39 is 26.7 Å². The van der Waals surface area contributed by atoms with Gasteiger partial charge in [-0.05, 0) is 18.6 Å². The number of nitrogens with one attached hydrogen (secondary N) is 2. The number of amides is 1.